The molecule has 0 aromatic heterocycles. The molecule has 1 aliphatic carbocycles. The van der Waals surface area contributed by atoms with E-state index in [-0.39, 0.29) is 11.9 Å². The number of thiocarbonyl (C=S) groups is 1. The molecule has 1 atom stereocenters. The molecule has 4 N–H and O–H groups in total. The maximum atomic E-state index is 11.9. The van der Waals surface area contributed by atoms with Gasteiger partial charge in [0.1, 0.15) is 11.0 Å². The highest BCUT2D eigenvalue weighted by molar-refractivity contribution is 7.80. The zero-order chi connectivity index (χ0) is 14.0. The Morgan fingerprint density at radius 3 is 2.74 bits per heavy atom. The number of nitrogens with two attached hydrogens (primary N) is 1. The van der Waals surface area contributed by atoms with Crippen LogP contribution in [-0.4, -0.2) is 23.0 Å². The first-order chi connectivity index (χ1) is 8.97. The standard InChI is InChI=1S/C14H19N3OS/c1-8-3-6-12(11(7-8)13(15)19)16-9(2)14(18)17-10-4-5-10/h3,6-7,9-10,16H,4-5H2,1-2H3,(H2,15,19)(H,17,18). The molecule has 19 heavy (non-hydrogen) atoms. The van der Waals surface area contributed by atoms with Crippen LogP contribution < -0.4 is 16.4 Å². The molecule has 0 heterocycles. The molecule has 0 aliphatic heterocycles. The Balaban J connectivity index is 2.08. The summed E-state index contributed by atoms with van der Waals surface area (Å²) in [6, 6.07) is 5.86. The van der Waals surface area contributed by atoms with Crippen LogP contribution in [0.5, 0.6) is 0 Å². The average molecular weight is 277 g/mol. The number of rotatable bonds is 5. The molecule has 0 bridgehead atoms. The van der Waals surface area contributed by atoms with E-state index >= 15 is 0 Å². The third kappa shape index (κ3) is 3.67. The largest absolute Gasteiger partial charge is 0.389 e. The molecule has 4 nitrogen and oxygen atoms in total. The third-order valence-corrected chi connectivity index (χ3v) is 3.35. The minimum atomic E-state index is -0.309. The molecule has 1 amide bonds. The number of aryl methyl sites for hydroxylation is 1. The van der Waals surface area contributed by atoms with E-state index in [9.17, 15) is 4.79 Å². The van der Waals surface area contributed by atoms with Gasteiger partial charge in [-0.1, -0.05) is 23.8 Å². The predicted molar refractivity (Wildman–Crippen MR) is 81.3 cm³/mol. The quantitative estimate of drug-likeness (QED) is 0.717. The summed E-state index contributed by atoms with van der Waals surface area (Å²) in [5, 5.41) is 6.14. The number of hydrogen-bond donors (Lipinski definition) is 3. The first kappa shape index (κ1) is 13.8. The van der Waals surface area contributed by atoms with Crippen LogP contribution >= 0.6 is 12.2 Å². The molecule has 1 fully saturated rings. The van der Waals surface area contributed by atoms with Gasteiger partial charge in [0.2, 0.25) is 5.91 Å². The van der Waals surface area contributed by atoms with Crippen molar-refractivity contribution in [3.63, 3.8) is 0 Å². The molecule has 0 spiro atoms. The van der Waals surface area contributed by atoms with Crippen molar-refractivity contribution in [1.29, 1.82) is 0 Å². The first-order valence-corrected chi connectivity index (χ1v) is 6.85. The van der Waals surface area contributed by atoms with Gasteiger partial charge in [-0.3, -0.25) is 4.79 Å². The Labute approximate surface area is 118 Å². The van der Waals surface area contributed by atoms with Crippen molar-refractivity contribution >= 4 is 28.8 Å². The Kier molecular flexibility index (Phi) is 4.04. The van der Waals surface area contributed by atoms with Gasteiger partial charge < -0.3 is 16.4 Å². The molecule has 0 radical (unpaired) electrons. The molecule has 102 valence electrons. The lowest BCUT2D eigenvalue weighted by atomic mass is 10.1. The Hall–Kier alpha value is -1.62. The fourth-order valence-corrected chi connectivity index (χ4v) is 2.01. The van der Waals surface area contributed by atoms with Crippen molar-refractivity contribution in [1.82, 2.24) is 5.32 Å². The van der Waals surface area contributed by atoms with Crippen LogP contribution in [-0.2, 0) is 4.79 Å². The Morgan fingerprint density at radius 2 is 2.16 bits per heavy atom. The lowest BCUT2D eigenvalue weighted by molar-refractivity contribution is -0.121. The smallest absolute Gasteiger partial charge is 0.242 e. The van der Waals surface area contributed by atoms with E-state index in [2.05, 4.69) is 10.6 Å². The van der Waals surface area contributed by atoms with Crippen molar-refractivity contribution in [3.8, 4) is 0 Å². The van der Waals surface area contributed by atoms with Gasteiger partial charge in [-0.15, -0.1) is 0 Å². The summed E-state index contributed by atoms with van der Waals surface area (Å²) >= 11 is 5.04. The van der Waals surface area contributed by atoms with E-state index in [1.54, 1.807) is 0 Å². The lowest BCUT2D eigenvalue weighted by Crippen LogP contribution is -2.39. The van der Waals surface area contributed by atoms with E-state index in [0.29, 0.717) is 11.0 Å². The second-order valence-corrected chi connectivity index (χ2v) is 5.50. The minimum absolute atomic E-state index is 0.0111. The first-order valence-electron chi connectivity index (χ1n) is 6.44. The number of hydrogen-bond acceptors (Lipinski definition) is 3. The van der Waals surface area contributed by atoms with Crippen LogP contribution in [0.4, 0.5) is 5.69 Å². The molecular formula is C14H19N3OS. The molecule has 1 aliphatic rings. The zero-order valence-corrected chi connectivity index (χ0v) is 12.0. The summed E-state index contributed by atoms with van der Waals surface area (Å²) in [5.74, 6) is 0.0111. The highest BCUT2D eigenvalue weighted by Crippen LogP contribution is 2.20. The van der Waals surface area contributed by atoms with Gasteiger partial charge in [0.25, 0.3) is 0 Å². The van der Waals surface area contributed by atoms with Gasteiger partial charge in [-0.25, -0.2) is 0 Å². The van der Waals surface area contributed by atoms with Crippen LogP contribution in [0.3, 0.4) is 0 Å². The molecule has 1 aromatic rings. The fourth-order valence-electron chi connectivity index (χ4n) is 1.84. The summed E-state index contributed by atoms with van der Waals surface area (Å²) in [4.78, 5) is 12.2. The van der Waals surface area contributed by atoms with Crippen molar-refractivity contribution < 1.29 is 4.79 Å². The number of benzene rings is 1. The van der Waals surface area contributed by atoms with Crippen molar-refractivity contribution in [2.45, 2.75) is 38.8 Å². The van der Waals surface area contributed by atoms with Crippen LogP contribution in [0.15, 0.2) is 18.2 Å². The van der Waals surface area contributed by atoms with E-state index in [0.717, 1.165) is 29.7 Å². The van der Waals surface area contributed by atoms with Crippen LogP contribution in [0.25, 0.3) is 0 Å². The van der Waals surface area contributed by atoms with Gasteiger partial charge in [0.05, 0.1) is 0 Å². The SMILES string of the molecule is Cc1ccc(NC(C)C(=O)NC2CC2)c(C(N)=S)c1. The highest BCUT2D eigenvalue weighted by atomic mass is 32.1. The maximum Gasteiger partial charge on any atom is 0.242 e. The molecule has 1 saturated carbocycles. The topological polar surface area (TPSA) is 67.2 Å². The van der Waals surface area contributed by atoms with E-state index < -0.39 is 0 Å². The predicted octanol–water partition coefficient (Wildman–Crippen LogP) is 1.71. The normalized spacial score (nSPS) is 15.7. The molecule has 5 heteroatoms. The van der Waals surface area contributed by atoms with Crippen LogP contribution in [0, 0.1) is 6.92 Å². The monoisotopic (exact) mass is 277 g/mol. The number of anilines is 1. The minimum Gasteiger partial charge on any atom is -0.389 e. The number of nitrogens with one attached hydrogen (secondary N) is 2. The Morgan fingerprint density at radius 1 is 1.47 bits per heavy atom. The third-order valence-electron chi connectivity index (χ3n) is 3.13. The Bertz CT molecular complexity index is 511. The summed E-state index contributed by atoms with van der Waals surface area (Å²) in [7, 11) is 0. The number of carbonyl (C=O) groups is 1. The molecule has 0 saturated heterocycles. The maximum absolute atomic E-state index is 11.9. The summed E-state index contributed by atoms with van der Waals surface area (Å²) in [5.41, 5.74) is 8.38. The van der Waals surface area contributed by atoms with Gasteiger partial charge >= 0.3 is 0 Å². The lowest BCUT2D eigenvalue weighted by Gasteiger charge is -2.18. The number of carbonyl (C=O) groups excluding carboxylic acids is 1. The van der Waals surface area contributed by atoms with Gasteiger partial charge in [-0.05, 0) is 38.8 Å². The molecular weight excluding hydrogens is 258 g/mol. The number of amides is 1. The van der Waals surface area contributed by atoms with Gasteiger partial charge in [-0.2, -0.15) is 0 Å². The zero-order valence-electron chi connectivity index (χ0n) is 11.2. The van der Waals surface area contributed by atoms with Crippen LogP contribution in [0.1, 0.15) is 30.9 Å². The van der Waals surface area contributed by atoms with Crippen LogP contribution in [0.2, 0.25) is 0 Å². The van der Waals surface area contributed by atoms with Crippen molar-refractivity contribution in [2.75, 3.05) is 5.32 Å². The van der Waals surface area contributed by atoms with E-state index in [1.165, 1.54) is 0 Å². The van der Waals surface area contributed by atoms with Gasteiger partial charge in [0, 0.05) is 17.3 Å². The van der Waals surface area contributed by atoms with E-state index in [4.69, 9.17) is 18.0 Å². The molecule has 1 unspecified atom stereocenters. The highest BCUT2D eigenvalue weighted by Gasteiger charge is 2.25. The summed E-state index contributed by atoms with van der Waals surface area (Å²) in [6.45, 7) is 3.82. The summed E-state index contributed by atoms with van der Waals surface area (Å²) in [6.07, 6.45) is 2.17. The molecule has 2 rings (SSSR count). The summed E-state index contributed by atoms with van der Waals surface area (Å²) < 4.78 is 0. The van der Waals surface area contributed by atoms with E-state index in [1.807, 2.05) is 32.0 Å². The fraction of sp³-hybridized carbons (Fsp3) is 0.429. The molecule has 1 aromatic carbocycles. The van der Waals surface area contributed by atoms with Crippen molar-refractivity contribution in [2.24, 2.45) is 5.73 Å². The van der Waals surface area contributed by atoms with Crippen molar-refractivity contribution in [3.05, 3.63) is 29.3 Å². The second-order valence-electron chi connectivity index (χ2n) is 5.06. The van der Waals surface area contributed by atoms with Gasteiger partial charge in [0.15, 0.2) is 0 Å². The average Bonchev–Trinajstić information content (AvgIpc) is 3.14. The second kappa shape index (κ2) is 5.57.